The quantitative estimate of drug-likeness (QED) is 0.388. The minimum absolute atomic E-state index is 0.0974. The lowest BCUT2D eigenvalue weighted by Crippen LogP contribution is -2.12. The van der Waals surface area contributed by atoms with Gasteiger partial charge in [-0.3, -0.25) is 4.98 Å². The number of benzene rings is 2. The minimum Gasteiger partial charge on any atom is -0.411 e. The van der Waals surface area contributed by atoms with Crippen LogP contribution in [0.1, 0.15) is 34.6 Å². The lowest BCUT2D eigenvalue weighted by molar-refractivity contribution is 0.317. The molecule has 0 amide bonds. The van der Waals surface area contributed by atoms with Crippen molar-refractivity contribution in [2.45, 2.75) is 19.3 Å². The third kappa shape index (κ3) is 4.53. The van der Waals surface area contributed by atoms with Crippen molar-refractivity contribution < 1.29 is 5.21 Å². The standard InChI is InChI=1S/C23H25N3O/c1-17-5-4-6-20(15-17)22(18-7-9-21(10-8-18)26(2)3)16-23(25-27)19-11-13-24-14-12-19/h4-15,22,27H,16H2,1-3H3/b25-23-. The first-order valence-electron chi connectivity index (χ1n) is 9.03. The van der Waals surface area contributed by atoms with Gasteiger partial charge < -0.3 is 10.1 Å². The molecule has 1 atom stereocenters. The maximum Gasteiger partial charge on any atom is 0.0878 e. The average molecular weight is 359 g/mol. The topological polar surface area (TPSA) is 48.7 Å². The first-order chi connectivity index (χ1) is 13.1. The molecule has 0 spiro atoms. The Hall–Kier alpha value is -3.14. The molecule has 0 fully saturated rings. The van der Waals surface area contributed by atoms with Crippen molar-refractivity contribution in [3.8, 4) is 0 Å². The molecule has 0 bridgehead atoms. The largest absolute Gasteiger partial charge is 0.411 e. The number of hydrogen-bond acceptors (Lipinski definition) is 4. The van der Waals surface area contributed by atoms with Crippen LogP contribution in [0.3, 0.4) is 0 Å². The van der Waals surface area contributed by atoms with Crippen molar-refractivity contribution in [2.75, 3.05) is 19.0 Å². The van der Waals surface area contributed by atoms with Gasteiger partial charge in [0.25, 0.3) is 0 Å². The van der Waals surface area contributed by atoms with Gasteiger partial charge in [-0.05, 0) is 42.3 Å². The number of rotatable bonds is 6. The zero-order chi connectivity index (χ0) is 19.2. The first-order valence-corrected chi connectivity index (χ1v) is 9.03. The third-order valence-electron chi connectivity index (χ3n) is 4.79. The van der Waals surface area contributed by atoms with Crippen LogP contribution in [0.2, 0.25) is 0 Å². The molecule has 2 aromatic carbocycles. The summed E-state index contributed by atoms with van der Waals surface area (Å²) in [4.78, 5) is 6.14. The molecule has 1 heterocycles. The van der Waals surface area contributed by atoms with Crippen molar-refractivity contribution in [1.29, 1.82) is 0 Å². The van der Waals surface area contributed by atoms with E-state index >= 15 is 0 Å². The van der Waals surface area contributed by atoms with E-state index in [1.54, 1.807) is 12.4 Å². The number of nitrogens with zero attached hydrogens (tertiary/aromatic N) is 3. The number of pyridine rings is 1. The molecule has 1 unspecified atom stereocenters. The minimum atomic E-state index is 0.0974. The molecular weight excluding hydrogens is 334 g/mol. The van der Waals surface area contributed by atoms with E-state index in [4.69, 9.17) is 0 Å². The maximum atomic E-state index is 9.65. The summed E-state index contributed by atoms with van der Waals surface area (Å²) in [6, 6.07) is 20.8. The SMILES string of the molecule is Cc1cccc(C(C/C(=N/O)c2ccncc2)c2ccc(N(C)C)cc2)c1. The number of anilines is 1. The van der Waals surface area contributed by atoms with Gasteiger partial charge in [-0.15, -0.1) is 0 Å². The van der Waals surface area contributed by atoms with Gasteiger partial charge in [0.05, 0.1) is 5.71 Å². The van der Waals surface area contributed by atoms with Gasteiger partial charge in [0.15, 0.2) is 0 Å². The highest BCUT2D eigenvalue weighted by Crippen LogP contribution is 2.31. The van der Waals surface area contributed by atoms with Gasteiger partial charge in [-0.2, -0.15) is 0 Å². The molecule has 27 heavy (non-hydrogen) atoms. The third-order valence-corrected chi connectivity index (χ3v) is 4.79. The van der Waals surface area contributed by atoms with Crippen LogP contribution in [0.4, 0.5) is 5.69 Å². The smallest absolute Gasteiger partial charge is 0.0878 e. The van der Waals surface area contributed by atoms with E-state index in [0.717, 1.165) is 11.3 Å². The molecule has 0 aliphatic carbocycles. The summed E-state index contributed by atoms with van der Waals surface area (Å²) in [7, 11) is 4.07. The van der Waals surface area contributed by atoms with E-state index in [9.17, 15) is 5.21 Å². The summed E-state index contributed by atoms with van der Waals surface area (Å²) in [5.74, 6) is 0.0974. The van der Waals surface area contributed by atoms with Crippen LogP contribution < -0.4 is 4.90 Å². The zero-order valence-corrected chi connectivity index (χ0v) is 16.0. The number of oxime groups is 1. The van der Waals surface area contributed by atoms with E-state index < -0.39 is 0 Å². The second kappa shape index (κ2) is 8.49. The molecule has 0 radical (unpaired) electrons. The van der Waals surface area contributed by atoms with Crippen LogP contribution in [0, 0.1) is 6.92 Å². The summed E-state index contributed by atoms with van der Waals surface area (Å²) in [6.45, 7) is 2.10. The van der Waals surface area contributed by atoms with Gasteiger partial charge in [0.2, 0.25) is 0 Å². The Labute approximate surface area is 160 Å². The van der Waals surface area contributed by atoms with Crippen LogP contribution in [0.25, 0.3) is 0 Å². The summed E-state index contributed by atoms with van der Waals surface area (Å²) in [5, 5.41) is 13.3. The summed E-state index contributed by atoms with van der Waals surface area (Å²) < 4.78 is 0. The molecule has 4 heteroatoms. The van der Waals surface area contributed by atoms with Crippen molar-refractivity contribution in [1.82, 2.24) is 4.98 Å². The Kier molecular flexibility index (Phi) is 5.87. The lowest BCUT2D eigenvalue weighted by Gasteiger charge is -2.21. The fourth-order valence-corrected chi connectivity index (χ4v) is 3.27. The van der Waals surface area contributed by atoms with Crippen molar-refractivity contribution in [2.24, 2.45) is 5.16 Å². The fraction of sp³-hybridized carbons (Fsp3) is 0.217. The predicted molar refractivity (Wildman–Crippen MR) is 111 cm³/mol. The Morgan fingerprint density at radius 1 is 1.00 bits per heavy atom. The van der Waals surface area contributed by atoms with Gasteiger partial charge in [0.1, 0.15) is 0 Å². The molecule has 3 aromatic rings. The van der Waals surface area contributed by atoms with Gasteiger partial charge in [-0.25, -0.2) is 0 Å². The van der Waals surface area contributed by atoms with E-state index in [1.807, 2.05) is 26.2 Å². The molecule has 1 aromatic heterocycles. The lowest BCUT2D eigenvalue weighted by atomic mass is 9.85. The molecule has 4 nitrogen and oxygen atoms in total. The van der Waals surface area contributed by atoms with Crippen LogP contribution in [-0.4, -0.2) is 30.0 Å². The molecule has 3 rings (SSSR count). The van der Waals surface area contributed by atoms with Crippen molar-refractivity contribution in [3.63, 3.8) is 0 Å². The van der Waals surface area contributed by atoms with E-state index in [2.05, 4.69) is 70.5 Å². The van der Waals surface area contributed by atoms with Gasteiger partial charge >= 0.3 is 0 Å². The number of aromatic nitrogens is 1. The Morgan fingerprint density at radius 3 is 2.30 bits per heavy atom. The molecule has 0 aliphatic rings. The van der Waals surface area contributed by atoms with Gasteiger partial charge in [-0.1, -0.05) is 47.1 Å². The molecule has 0 saturated carbocycles. The zero-order valence-electron chi connectivity index (χ0n) is 16.0. The predicted octanol–water partition coefficient (Wildman–Crippen LogP) is 4.86. The van der Waals surface area contributed by atoms with Crippen molar-refractivity contribution >= 4 is 11.4 Å². The van der Waals surface area contributed by atoms with E-state index in [0.29, 0.717) is 12.1 Å². The molecule has 1 N–H and O–H groups in total. The number of hydrogen-bond donors (Lipinski definition) is 1. The second-order valence-corrected chi connectivity index (χ2v) is 6.94. The van der Waals surface area contributed by atoms with Crippen LogP contribution in [-0.2, 0) is 0 Å². The Bertz CT molecular complexity index is 902. The summed E-state index contributed by atoms with van der Waals surface area (Å²) >= 11 is 0. The van der Waals surface area contributed by atoms with E-state index in [1.165, 1.54) is 16.7 Å². The van der Waals surface area contributed by atoms with Crippen LogP contribution in [0.5, 0.6) is 0 Å². The highest BCUT2D eigenvalue weighted by molar-refractivity contribution is 6.00. The maximum absolute atomic E-state index is 9.65. The van der Waals surface area contributed by atoms with Crippen LogP contribution in [0.15, 0.2) is 78.2 Å². The van der Waals surface area contributed by atoms with Crippen LogP contribution >= 0.6 is 0 Å². The van der Waals surface area contributed by atoms with E-state index in [-0.39, 0.29) is 5.92 Å². The highest BCUT2D eigenvalue weighted by atomic mass is 16.4. The molecular formula is C23H25N3O. The normalized spacial score (nSPS) is 12.6. The molecule has 0 aliphatic heterocycles. The van der Waals surface area contributed by atoms with Crippen molar-refractivity contribution in [3.05, 3.63) is 95.3 Å². The average Bonchev–Trinajstić information content (AvgIpc) is 2.69. The summed E-state index contributed by atoms with van der Waals surface area (Å²) in [5.41, 5.74) is 6.32. The number of aryl methyl sites for hydroxylation is 1. The monoisotopic (exact) mass is 359 g/mol. The Morgan fingerprint density at radius 2 is 1.70 bits per heavy atom. The molecule has 0 saturated heterocycles. The fourth-order valence-electron chi connectivity index (χ4n) is 3.27. The second-order valence-electron chi connectivity index (χ2n) is 6.94. The Balaban J connectivity index is 1.99. The van der Waals surface area contributed by atoms with Gasteiger partial charge in [0, 0.05) is 50.1 Å². The summed E-state index contributed by atoms with van der Waals surface area (Å²) in [6.07, 6.45) is 4.04. The highest BCUT2D eigenvalue weighted by Gasteiger charge is 2.19. The molecule has 138 valence electrons. The first kappa shape index (κ1) is 18.6.